The lowest BCUT2D eigenvalue weighted by Gasteiger charge is -2.12. The summed E-state index contributed by atoms with van der Waals surface area (Å²) in [6.45, 7) is 0. The molecule has 2 amide bonds. The molecule has 0 spiro atoms. The van der Waals surface area contributed by atoms with Crippen LogP contribution in [0, 0.1) is 0 Å². The normalized spacial score (nSPS) is 15.5. The molecule has 2 aromatic carbocycles. The highest BCUT2D eigenvalue weighted by Crippen LogP contribution is 2.26. The lowest BCUT2D eigenvalue weighted by Crippen LogP contribution is -2.31. The van der Waals surface area contributed by atoms with Crippen molar-refractivity contribution in [1.82, 2.24) is 4.31 Å². The summed E-state index contributed by atoms with van der Waals surface area (Å²) >= 11 is 0. The molecule has 0 fully saturated rings. The zero-order chi connectivity index (χ0) is 13.4. The molecule has 1 aliphatic heterocycles. The van der Waals surface area contributed by atoms with Gasteiger partial charge in [-0.05, 0) is 24.3 Å². The van der Waals surface area contributed by atoms with Gasteiger partial charge < -0.3 is 0 Å². The predicted molar refractivity (Wildman–Crippen MR) is 69.8 cm³/mol. The zero-order valence-electron chi connectivity index (χ0n) is 9.78. The number of rotatable bonds is 2. The van der Waals surface area contributed by atoms with Gasteiger partial charge in [0.05, 0.1) is 16.0 Å². The fraction of sp³-hybridized carbons (Fsp3) is 0. The number of nitrogens with zero attached hydrogens (tertiary/aromatic N) is 1. The third-order valence-corrected chi connectivity index (χ3v) is 4.21. The maximum absolute atomic E-state index is 12.3. The van der Waals surface area contributed by atoms with E-state index < -0.39 is 22.8 Å². The van der Waals surface area contributed by atoms with E-state index in [-0.39, 0.29) is 0 Å². The summed E-state index contributed by atoms with van der Waals surface area (Å²) in [5, 5.41) is 0. The van der Waals surface area contributed by atoms with Crippen molar-refractivity contribution < 1.29 is 13.8 Å². The Kier molecular flexibility index (Phi) is 2.76. The molecule has 0 radical (unpaired) electrons. The third-order valence-electron chi connectivity index (χ3n) is 2.87. The quantitative estimate of drug-likeness (QED) is 0.785. The number of benzene rings is 2. The van der Waals surface area contributed by atoms with Crippen LogP contribution in [0.1, 0.15) is 20.7 Å². The SMILES string of the molecule is O=C1c2ccccc2C(=O)N1S(=O)c1ccccc1. The third kappa shape index (κ3) is 1.79. The van der Waals surface area contributed by atoms with Crippen LogP contribution in [-0.2, 0) is 11.0 Å². The van der Waals surface area contributed by atoms with Gasteiger partial charge >= 0.3 is 0 Å². The average molecular weight is 271 g/mol. The molecule has 1 unspecified atom stereocenters. The van der Waals surface area contributed by atoms with Gasteiger partial charge in [-0.25, -0.2) is 4.21 Å². The number of hydrogen-bond donors (Lipinski definition) is 0. The highest BCUT2D eigenvalue weighted by molar-refractivity contribution is 7.84. The highest BCUT2D eigenvalue weighted by atomic mass is 32.2. The van der Waals surface area contributed by atoms with Crippen LogP contribution in [0.2, 0.25) is 0 Å². The molecule has 0 aliphatic carbocycles. The van der Waals surface area contributed by atoms with E-state index >= 15 is 0 Å². The van der Waals surface area contributed by atoms with E-state index in [2.05, 4.69) is 0 Å². The molecular weight excluding hydrogens is 262 g/mol. The molecule has 1 aliphatic rings. The number of hydrogen-bond acceptors (Lipinski definition) is 3. The fourth-order valence-electron chi connectivity index (χ4n) is 1.96. The molecule has 4 nitrogen and oxygen atoms in total. The van der Waals surface area contributed by atoms with Gasteiger partial charge in [0.1, 0.15) is 0 Å². The van der Waals surface area contributed by atoms with E-state index in [0.717, 1.165) is 4.31 Å². The summed E-state index contributed by atoms with van der Waals surface area (Å²) in [6, 6.07) is 15.0. The minimum Gasteiger partial charge on any atom is -0.268 e. The first-order chi connectivity index (χ1) is 9.20. The minimum absolute atomic E-state index is 0.303. The first kappa shape index (κ1) is 11.8. The van der Waals surface area contributed by atoms with Crippen LogP contribution >= 0.6 is 0 Å². The molecule has 0 saturated heterocycles. The number of amides is 2. The van der Waals surface area contributed by atoms with Crippen LogP contribution in [-0.4, -0.2) is 20.3 Å². The van der Waals surface area contributed by atoms with Gasteiger partial charge in [-0.3, -0.25) is 9.59 Å². The summed E-state index contributed by atoms with van der Waals surface area (Å²) in [6.07, 6.45) is 0. The van der Waals surface area contributed by atoms with Crippen molar-refractivity contribution in [2.45, 2.75) is 4.90 Å². The maximum atomic E-state index is 12.3. The van der Waals surface area contributed by atoms with Gasteiger partial charge in [0.2, 0.25) is 0 Å². The number of carbonyl (C=O) groups excluding carboxylic acids is 2. The van der Waals surface area contributed by atoms with Crippen LogP contribution < -0.4 is 0 Å². The van der Waals surface area contributed by atoms with Crippen molar-refractivity contribution in [3.63, 3.8) is 0 Å². The Labute approximate surface area is 112 Å². The topological polar surface area (TPSA) is 54.5 Å². The lowest BCUT2D eigenvalue weighted by atomic mass is 10.1. The van der Waals surface area contributed by atoms with Crippen molar-refractivity contribution in [3.05, 3.63) is 65.7 Å². The number of fused-ring (bicyclic) bond motifs is 1. The van der Waals surface area contributed by atoms with E-state index in [0.29, 0.717) is 16.0 Å². The van der Waals surface area contributed by atoms with Crippen molar-refractivity contribution in [2.24, 2.45) is 0 Å². The number of imide groups is 1. The summed E-state index contributed by atoms with van der Waals surface area (Å²) in [7, 11) is -1.81. The standard InChI is InChI=1S/C14H9NO3S/c16-13-11-8-4-5-9-12(11)14(17)15(13)19(18)10-6-2-1-3-7-10/h1-9H. The Bertz CT molecular complexity index is 662. The summed E-state index contributed by atoms with van der Waals surface area (Å²) in [4.78, 5) is 24.7. The Morgan fingerprint density at radius 1 is 0.737 bits per heavy atom. The summed E-state index contributed by atoms with van der Waals surface area (Å²) in [5.74, 6) is -1.02. The molecule has 19 heavy (non-hydrogen) atoms. The van der Waals surface area contributed by atoms with Crippen molar-refractivity contribution in [3.8, 4) is 0 Å². The Morgan fingerprint density at radius 3 is 1.74 bits per heavy atom. The van der Waals surface area contributed by atoms with Gasteiger partial charge in [-0.2, -0.15) is 4.31 Å². The molecule has 1 atom stereocenters. The Morgan fingerprint density at radius 2 is 1.21 bits per heavy atom. The monoisotopic (exact) mass is 271 g/mol. The molecule has 3 rings (SSSR count). The second kappa shape index (κ2) is 4.44. The smallest absolute Gasteiger partial charge is 0.268 e. The van der Waals surface area contributed by atoms with Gasteiger partial charge in [-0.15, -0.1) is 0 Å². The van der Waals surface area contributed by atoms with Crippen LogP contribution in [0.4, 0.5) is 0 Å². The van der Waals surface area contributed by atoms with Gasteiger partial charge in [0, 0.05) is 0 Å². The number of carbonyl (C=O) groups is 2. The van der Waals surface area contributed by atoms with E-state index in [9.17, 15) is 13.8 Å². The van der Waals surface area contributed by atoms with Gasteiger partial charge in [-0.1, -0.05) is 30.3 Å². The molecule has 0 N–H and O–H groups in total. The van der Waals surface area contributed by atoms with E-state index in [1.165, 1.54) is 0 Å². The van der Waals surface area contributed by atoms with Gasteiger partial charge in [0.25, 0.3) is 11.8 Å². The zero-order valence-corrected chi connectivity index (χ0v) is 10.6. The van der Waals surface area contributed by atoms with E-state index in [1.807, 2.05) is 0 Å². The second-order valence-electron chi connectivity index (χ2n) is 4.01. The van der Waals surface area contributed by atoms with Crippen molar-refractivity contribution >= 4 is 22.8 Å². The molecule has 0 aromatic heterocycles. The van der Waals surface area contributed by atoms with E-state index in [4.69, 9.17) is 0 Å². The molecule has 94 valence electrons. The minimum atomic E-state index is -1.81. The predicted octanol–water partition coefficient (Wildman–Crippen LogP) is 2.01. The van der Waals surface area contributed by atoms with Crippen LogP contribution in [0.15, 0.2) is 59.5 Å². The van der Waals surface area contributed by atoms with Gasteiger partial charge in [0.15, 0.2) is 11.0 Å². The summed E-state index contributed by atoms with van der Waals surface area (Å²) < 4.78 is 13.1. The molecular formula is C14H9NO3S. The molecule has 0 saturated carbocycles. The van der Waals surface area contributed by atoms with Crippen LogP contribution in [0.5, 0.6) is 0 Å². The molecule has 0 bridgehead atoms. The largest absolute Gasteiger partial charge is 0.273 e. The fourth-order valence-corrected chi connectivity index (χ4v) is 3.06. The average Bonchev–Trinajstić information content (AvgIpc) is 2.72. The Balaban J connectivity index is 2.03. The Hall–Kier alpha value is -2.27. The summed E-state index contributed by atoms with van der Waals surface area (Å²) in [5.41, 5.74) is 0.605. The first-order valence-electron chi connectivity index (χ1n) is 5.65. The van der Waals surface area contributed by atoms with Crippen molar-refractivity contribution in [2.75, 3.05) is 0 Å². The highest BCUT2D eigenvalue weighted by Gasteiger charge is 2.39. The maximum Gasteiger partial charge on any atom is 0.273 e. The van der Waals surface area contributed by atoms with E-state index in [1.54, 1.807) is 54.6 Å². The van der Waals surface area contributed by atoms with Crippen LogP contribution in [0.3, 0.4) is 0 Å². The second-order valence-corrected chi connectivity index (χ2v) is 5.35. The molecule has 1 heterocycles. The molecule has 2 aromatic rings. The lowest BCUT2D eigenvalue weighted by molar-refractivity contribution is 0.0771. The first-order valence-corrected chi connectivity index (χ1v) is 6.75. The van der Waals surface area contributed by atoms with Crippen molar-refractivity contribution in [1.29, 1.82) is 0 Å². The molecule has 5 heteroatoms. The van der Waals surface area contributed by atoms with Crippen LogP contribution in [0.25, 0.3) is 0 Å².